The Morgan fingerprint density at radius 3 is 3.17 bits per heavy atom. The van der Waals surface area contributed by atoms with E-state index < -0.39 is 0 Å². The molecule has 23 heavy (non-hydrogen) atoms. The monoisotopic (exact) mass is 328 g/mol. The van der Waals surface area contributed by atoms with Gasteiger partial charge in [0.2, 0.25) is 5.91 Å². The van der Waals surface area contributed by atoms with Crippen molar-refractivity contribution < 1.29 is 4.79 Å². The van der Waals surface area contributed by atoms with E-state index in [1.807, 2.05) is 23.6 Å². The van der Waals surface area contributed by atoms with Gasteiger partial charge >= 0.3 is 0 Å². The Hall–Kier alpha value is -1.79. The average Bonchev–Trinajstić information content (AvgIpc) is 3.23. The third kappa shape index (κ3) is 2.66. The van der Waals surface area contributed by atoms with Crippen molar-refractivity contribution >= 4 is 22.4 Å². The molecule has 2 atom stereocenters. The number of thiazole rings is 1. The molecule has 1 aliphatic carbocycles. The minimum absolute atomic E-state index is 0.133. The van der Waals surface area contributed by atoms with E-state index in [4.69, 9.17) is 0 Å². The van der Waals surface area contributed by atoms with Crippen LogP contribution in [0, 0.1) is 11.3 Å². The molecule has 0 bridgehead atoms. The molecule has 2 fully saturated rings. The van der Waals surface area contributed by atoms with Crippen molar-refractivity contribution in [1.82, 2.24) is 15.3 Å². The van der Waals surface area contributed by atoms with Gasteiger partial charge in [0.25, 0.3) is 0 Å². The summed E-state index contributed by atoms with van der Waals surface area (Å²) < 4.78 is 0. The maximum Gasteiger partial charge on any atom is 0.233 e. The molecule has 1 saturated carbocycles. The first-order chi connectivity index (χ1) is 11.3. The SMILES string of the molecule is O=C(Nc1nc(-c2ccccn2)cs1)[C@@]12CCCC[C@H]1CNC2. The molecule has 1 amide bonds. The molecular formula is C17H20N4OS. The molecule has 0 spiro atoms. The van der Waals surface area contributed by atoms with E-state index in [0.29, 0.717) is 11.0 Å². The maximum absolute atomic E-state index is 12.9. The van der Waals surface area contributed by atoms with Crippen LogP contribution in [-0.4, -0.2) is 29.0 Å². The van der Waals surface area contributed by atoms with Gasteiger partial charge in [-0.3, -0.25) is 9.78 Å². The number of hydrogen-bond acceptors (Lipinski definition) is 5. The van der Waals surface area contributed by atoms with Crippen molar-refractivity contribution in [3.8, 4) is 11.4 Å². The summed E-state index contributed by atoms with van der Waals surface area (Å²) in [4.78, 5) is 21.8. The Morgan fingerprint density at radius 1 is 1.35 bits per heavy atom. The Morgan fingerprint density at radius 2 is 2.30 bits per heavy atom. The lowest BCUT2D eigenvalue weighted by molar-refractivity contribution is -0.128. The molecule has 2 aromatic rings. The van der Waals surface area contributed by atoms with Crippen LogP contribution >= 0.6 is 11.3 Å². The van der Waals surface area contributed by atoms with Crippen LogP contribution in [0.15, 0.2) is 29.8 Å². The first-order valence-corrected chi connectivity index (χ1v) is 9.05. The highest BCUT2D eigenvalue weighted by Crippen LogP contribution is 2.44. The van der Waals surface area contributed by atoms with E-state index in [0.717, 1.165) is 43.7 Å². The Kier molecular flexibility index (Phi) is 3.87. The standard InChI is InChI=1S/C17H20N4OS/c22-15(17-7-3-1-5-12(17)9-18-11-17)21-16-20-14(10-23-16)13-6-2-4-8-19-13/h2,4,6,8,10,12,18H,1,3,5,7,9,11H2,(H,20,21,22)/t12-,17+/m0/s1. The Bertz CT molecular complexity index is 702. The number of carbonyl (C=O) groups excluding carboxylic acids is 1. The summed E-state index contributed by atoms with van der Waals surface area (Å²) in [7, 11) is 0. The molecule has 1 aliphatic heterocycles. The molecule has 0 radical (unpaired) electrons. The van der Waals surface area contributed by atoms with Crippen molar-refractivity contribution in [2.24, 2.45) is 11.3 Å². The number of rotatable bonds is 3. The van der Waals surface area contributed by atoms with Gasteiger partial charge in [-0.2, -0.15) is 0 Å². The predicted octanol–water partition coefficient (Wildman–Crippen LogP) is 2.92. The molecule has 2 aromatic heterocycles. The zero-order valence-electron chi connectivity index (χ0n) is 12.9. The number of anilines is 1. The minimum Gasteiger partial charge on any atom is -0.315 e. The maximum atomic E-state index is 12.9. The molecule has 2 N–H and O–H groups in total. The number of hydrogen-bond donors (Lipinski definition) is 2. The minimum atomic E-state index is -0.241. The third-order valence-electron chi connectivity index (χ3n) is 5.14. The number of amides is 1. The van der Waals surface area contributed by atoms with Gasteiger partial charge in [-0.1, -0.05) is 18.9 Å². The van der Waals surface area contributed by atoms with E-state index >= 15 is 0 Å². The number of nitrogens with zero attached hydrogens (tertiary/aromatic N) is 2. The lowest BCUT2D eigenvalue weighted by Crippen LogP contribution is -2.44. The highest BCUT2D eigenvalue weighted by atomic mass is 32.1. The van der Waals surface area contributed by atoms with Crippen LogP contribution in [0.4, 0.5) is 5.13 Å². The third-order valence-corrected chi connectivity index (χ3v) is 5.90. The second kappa shape index (κ2) is 6.02. The highest BCUT2D eigenvalue weighted by molar-refractivity contribution is 7.14. The van der Waals surface area contributed by atoms with Gasteiger partial charge in [0.05, 0.1) is 11.1 Å². The first-order valence-electron chi connectivity index (χ1n) is 8.17. The van der Waals surface area contributed by atoms with Gasteiger partial charge < -0.3 is 10.6 Å². The molecule has 3 heterocycles. The fourth-order valence-electron chi connectivity index (χ4n) is 3.88. The van der Waals surface area contributed by atoms with Crippen LogP contribution < -0.4 is 10.6 Å². The summed E-state index contributed by atoms with van der Waals surface area (Å²) >= 11 is 1.46. The Labute approximate surface area is 139 Å². The van der Waals surface area contributed by atoms with Gasteiger partial charge in [-0.25, -0.2) is 4.98 Å². The number of carbonyl (C=O) groups is 1. The average molecular weight is 328 g/mol. The fourth-order valence-corrected chi connectivity index (χ4v) is 4.57. The van der Waals surface area contributed by atoms with E-state index in [1.165, 1.54) is 17.8 Å². The molecule has 5 nitrogen and oxygen atoms in total. The zero-order valence-corrected chi connectivity index (χ0v) is 13.7. The van der Waals surface area contributed by atoms with Gasteiger partial charge in [0.15, 0.2) is 5.13 Å². The van der Waals surface area contributed by atoms with Crippen LogP contribution in [0.2, 0.25) is 0 Å². The van der Waals surface area contributed by atoms with Gasteiger partial charge in [-0.15, -0.1) is 11.3 Å². The smallest absolute Gasteiger partial charge is 0.233 e. The molecule has 0 unspecified atom stereocenters. The van der Waals surface area contributed by atoms with E-state index in [2.05, 4.69) is 20.6 Å². The van der Waals surface area contributed by atoms with Gasteiger partial charge in [0, 0.05) is 18.1 Å². The number of fused-ring (bicyclic) bond motifs is 1. The second-order valence-corrected chi connectivity index (χ2v) is 7.29. The largest absolute Gasteiger partial charge is 0.315 e. The van der Waals surface area contributed by atoms with Crippen LogP contribution in [0.1, 0.15) is 25.7 Å². The predicted molar refractivity (Wildman–Crippen MR) is 91.2 cm³/mol. The quantitative estimate of drug-likeness (QED) is 0.909. The van der Waals surface area contributed by atoms with E-state index in [1.54, 1.807) is 6.20 Å². The lowest BCUT2D eigenvalue weighted by Gasteiger charge is -2.36. The second-order valence-electron chi connectivity index (χ2n) is 6.44. The molecular weight excluding hydrogens is 308 g/mol. The molecule has 4 rings (SSSR count). The van der Waals surface area contributed by atoms with Crippen LogP contribution in [-0.2, 0) is 4.79 Å². The number of pyridine rings is 1. The topological polar surface area (TPSA) is 66.9 Å². The van der Waals surface area contributed by atoms with Gasteiger partial charge in [-0.05, 0) is 37.4 Å². The zero-order chi connectivity index (χ0) is 15.7. The van der Waals surface area contributed by atoms with Crippen molar-refractivity contribution in [2.45, 2.75) is 25.7 Å². The van der Waals surface area contributed by atoms with Crippen molar-refractivity contribution in [2.75, 3.05) is 18.4 Å². The number of nitrogens with one attached hydrogen (secondary N) is 2. The summed E-state index contributed by atoms with van der Waals surface area (Å²) in [6.07, 6.45) is 6.26. The van der Waals surface area contributed by atoms with Crippen LogP contribution in [0.25, 0.3) is 11.4 Å². The molecule has 120 valence electrons. The molecule has 1 saturated heterocycles. The van der Waals surface area contributed by atoms with Crippen molar-refractivity contribution in [1.29, 1.82) is 0 Å². The fraction of sp³-hybridized carbons (Fsp3) is 0.471. The normalized spacial score (nSPS) is 26.7. The summed E-state index contributed by atoms with van der Waals surface area (Å²) in [6, 6.07) is 5.75. The van der Waals surface area contributed by atoms with Crippen LogP contribution in [0.5, 0.6) is 0 Å². The number of aromatic nitrogens is 2. The van der Waals surface area contributed by atoms with Crippen molar-refractivity contribution in [3.63, 3.8) is 0 Å². The summed E-state index contributed by atoms with van der Waals surface area (Å²) in [6.45, 7) is 1.76. The van der Waals surface area contributed by atoms with Gasteiger partial charge in [0.1, 0.15) is 5.69 Å². The molecule has 0 aromatic carbocycles. The summed E-state index contributed by atoms with van der Waals surface area (Å²) in [5.41, 5.74) is 1.41. The molecule has 6 heteroatoms. The highest BCUT2D eigenvalue weighted by Gasteiger charge is 2.49. The lowest BCUT2D eigenvalue weighted by atomic mass is 9.68. The first kappa shape index (κ1) is 14.8. The summed E-state index contributed by atoms with van der Waals surface area (Å²) in [5.74, 6) is 0.598. The van der Waals surface area contributed by atoms with E-state index in [9.17, 15) is 4.79 Å². The van der Waals surface area contributed by atoms with E-state index in [-0.39, 0.29) is 11.3 Å². The van der Waals surface area contributed by atoms with Crippen LogP contribution in [0.3, 0.4) is 0 Å². The van der Waals surface area contributed by atoms with Crippen molar-refractivity contribution in [3.05, 3.63) is 29.8 Å². The summed E-state index contributed by atoms with van der Waals surface area (Å²) in [5, 5.41) is 9.09. The Balaban J connectivity index is 1.52. The molecule has 2 aliphatic rings.